The van der Waals surface area contributed by atoms with Crippen molar-refractivity contribution in [2.75, 3.05) is 18.4 Å². The van der Waals surface area contributed by atoms with E-state index in [1.165, 1.54) is 6.07 Å². The minimum Gasteiger partial charge on any atom is -0.380 e. The summed E-state index contributed by atoms with van der Waals surface area (Å²) in [6, 6.07) is 13.3. The van der Waals surface area contributed by atoms with Crippen LogP contribution >= 0.6 is 11.6 Å². The Kier molecular flexibility index (Phi) is 4.92. The molecule has 2 aromatic carbocycles. The van der Waals surface area contributed by atoms with E-state index < -0.39 is 0 Å². The third-order valence-electron chi connectivity index (χ3n) is 4.95. The zero-order valence-electron chi connectivity index (χ0n) is 14.6. The molecule has 1 saturated heterocycles. The topological polar surface area (TPSA) is 71.3 Å². The summed E-state index contributed by atoms with van der Waals surface area (Å²) in [4.78, 5) is 17.3. The summed E-state index contributed by atoms with van der Waals surface area (Å²) < 4.78 is 0. The van der Waals surface area contributed by atoms with Crippen LogP contribution in [0.15, 0.2) is 54.9 Å². The molecule has 138 valence electrons. The first-order chi connectivity index (χ1) is 13.1. The van der Waals surface area contributed by atoms with E-state index in [-0.39, 0.29) is 10.6 Å². The Morgan fingerprint density at radius 1 is 1.30 bits per heavy atom. The van der Waals surface area contributed by atoms with Gasteiger partial charge in [0.05, 0.1) is 4.92 Å². The van der Waals surface area contributed by atoms with Gasteiger partial charge in [-0.3, -0.25) is 20.0 Å². The Labute approximate surface area is 161 Å². The number of nitrogens with zero attached hydrogens (tertiary/aromatic N) is 3. The van der Waals surface area contributed by atoms with E-state index in [0.717, 1.165) is 36.0 Å². The van der Waals surface area contributed by atoms with E-state index in [2.05, 4.69) is 21.3 Å². The Hall–Kier alpha value is -2.70. The van der Waals surface area contributed by atoms with E-state index in [9.17, 15) is 10.1 Å². The number of rotatable bonds is 5. The largest absolute Gasteiger partial charge is 0.380 e. The van der Waals surface area contributed by atoms with Crippen molar-refractivity contribution in [3.63, 3.8) is 0 Å². The molecule has 1 aliphatic heterocycles. The van der Waals surface area contributed by atoms with Gasteiger partial charge in [-0.15, -0.1) is 0 Å². The molecule has 1 fully saturated rings. The van der Waals surface area contributed by atoms with Gasteiger partial charge < -0.3 is 5.32 Å². The normalized spacial score (nSPS) is 17.3. The number of nitrogens with one attached hydrogen (secondary N) is 1. The monoisotopic (exact) mass is 382 g/mol. The molecule has 0 aliphatic carbocycles. The van der Waals surface area contributed by atoms with Crippen LogP contribution in [-0.4, -0.2) is 33.9 Å². The first-order valence-electron chi connectivity index (χ1n) is 8.84. The third kappa shape index (κ3) is 3.86. The van der Waals surface area contributed by atoms with Crippen LogP contribution < -0.4 is 5.32 Å². The van der Waals surface area contributed by atoms with Crippen molar-refractivity contribution in [3.05, 3.63) is 75.6 Å². The smallest absolute Gasteiger partial charge is 0.275 e. The second kappa shape index (κ2) is 7.50. The van der Waals surface area contributed by atoms with E-state index in [4.69, 9.17) is 11.6 Å². The van der Waals surface area contributed by atoms with Crippen molar-refractivity contribution in [2.24, 2.45) is 0 Å². The van der Waals surface area contributed by atoms with Crippen LogP contribution in [0.1, 0.15) is 12.0 Å². The number of likely N-dealkylation sites (tertiary alicyclic amines) is 1. The van der Waals surface area contributed by atoms with Crippen LogP contribution in [0.25, 0.3) is 10.8 Å². The highest BCUT2D eigenvalue weighted by atomic mass is 35.5. The quantitative estimate of drug-likeness (QED) is 0.520. The number of anilines is 1. The molecule has 3 aromatic rings. The number of benzene rings is 2. The molecule has 0 bridgehead atoms. The first-order valence-corrected chi connectivity index (χ1v) is 9.22. The van der Waals surface area contributed by atoms with Crippen molar-refractivity contribution < 1.29 is 4.92 Å². The highest BCUT2D eigenvalue weighted by Gasteiger charge is 2.25. The number of aromatic nitrogens is 1. The molecule has 1 atom stereocenters. The Morgan fingerprint density at radius 3 is 3.04 bits per heavy atom. The lowest BCUT2D eigenvalue weighted by molar-refractivity contribution is -0.385. The molecule has 1 aliphatic rings. The molecule has 0 spiro atoms. The fourth-order valence-electron chi connectivity index (χ4n) is 3.64. The van der Waals surface area contributed by atoms with Crippen molar-refractivity contribution >= 4 is 33.7 Å². The molecule has 4 rings (SSSR count). The minimum absolute atomic E-state index is 0.0838. The maximum absolute atomic E-state index is 11.3. The maximum atomic E-state index is 11.3. The van der Waals surface area contributed by atoms with Gasteiger partial charge in [0.1, 0.15) is 0 Å². The van der Waals surface area contributed by atoms with Gasteiger partial charge in [0.2, 0.25) is 0 Å². The Balaban J connectivity index is 1.46. The van der Waals surface area contributed by atoms with Gasteiger partial charge in [0.15, 0.2) is 0 Å². The number of halogens is 1. The first kappa shape index (κ1) is 17.7. The standard InChI is InChI=1S/C20H19ClN4O2/c21-16-5-4-15(20(10-16)25(26)27)12-24-9-7-17(13-24)23-19-3-1-2-14-11-22-8-6-18(14)19/h1-6,8,10-11,17,23H,7,9,12-13H2. The molecule has 0 radical (unpaired) electrons. The fraction of sp³-hybridized carbons (Fsp3) is 0.250. The van der Waals surface area contributed by atoms with Crippen LogP contribution in [0.2, 0.25) is 5.02 Å². The SMILES string of the molecule is O=[N+]([O-])c1cc(Cl)ccc1CN1CCC(Nc2cccc3cnccc23)C1. The maximum Gasteiger partial charge on any atom is 0.275 e. The molecule has 7 heteroatoms. The Morgan fingerprint density at radius 2 is 2.19 bits per heavy atom. The Bertz CT molecular complexity index is 989. The molecule has 1 aromatic heterocycles. The van der Waals surface area contributed by atoms with Crippen molar-refractivity contribution in [1.29, 1.82) is 0 Å². The second-order valence-electron chi connectivity index (χ2n) is 6.80. The van der Waals surface area contributed by atoms with E-state index >= 15 is 0 Å². The van der Waals surface area contributed by atoms with Gasteiger partial charge >= 0.3 is 0 Å². The zero-order valence-corrected chi connectivity index (χ0v) is 15.4. The predicted molar refractivity (Wildman–Crippen MR) is 107 cm³/mol. The number of pyridine rings is 1. The van der Waals surface area contributed by atoms with E-state index in [1.54, 1.807) is 18.3 Å². The van der Waals surface area contributed by atoms with E-state index in [0.29, 0.717) is 23.2 Å². The third-order valence-corrected chi connectivity index (χ3v) is 5.19. The molecule has 1 unspecified atom stereocenters. The zero-order chi connectivity index (χ0) is 18.8. The summed E-state index contributed by atoms with van der Waals surface area (Å²) in [5, 5.41) is 17.6. The van der Waals surface area contributed by atoms with Gasteiger partial charge in [-0.1, -0.05) is 23.7 Å². The summed E-state index contributed by atoms with van der Waals surface area (Å²) in [6.07, 6.45) is 4.65. The summed E-state index contributed by atoms with van der Waals surface area (Å²) in [5.41, 5.74) is 1.88. The van der Waals surface area contributed by atoms with Crippen LogP contribution in [0.5, 0.6) is 0 Å². The molecular formula is C20H19ClN4O2. The number of fused-ring (bicyclic) bond motifs is 1. The number of hydrogen-bond donors (Lipinski definition) is 1. The average Bonchev–Trinajstić information content (AvgIpc) is 3.10. The lowest BCUT2D eigenvalue weighted by Crippen LogP contribution is -2.26. The molecule has 6 nitrogen and oxygen atoms in total. The summed E-state index contributed by atoms with van der Waals surface area (Å²) in [7, 11) is 0. The lowest BCUT2D eigenvalue weighted by Gasteiger charge is -2.18. The lowest BCUT2D eigenvalue weighted by atomic mass is 10.1. The predicted octanol–water partition coefficient (Wildman–Crippen LogP) is 4.48. The summed E-state index contributed by atoms with van der Waals surface area (Å²) >= 11 is 5.91. The molecule has 27 heavy (non-hydrogen) atoms. The van der Waals surface area contributed by atoms with Crippen molar-refractivity contribution in [3.8, 4) is 0 Å². The second-order valence-corrected chi connectivity index (χ2v) is 7.23. The summed E-state index contributed by atoms with van der Waals surface area (Å²) in [5.74, 6) is 0. The van der Waals surface area contributed by atoms with Crippen molar-refractivity contribution in [1.82, 2.24) is 9.88 Å². The number of nitro benzene ring substituents is 1. The fourth-order valence-corrected chi connectivity index (χ4v) is 3.81. The van der Waals surface area contributed by atoms with Crippen LogP contribution in [0.4, 0.5) is 11.4 Å². The number of nitro groups is 1. The van der Waals surface area contributed by atoms with Gasteiger partial charge in [-0.2, -0.15) is 0 Å². The molecule has 1 N–H and O–H groups in total. The van der Waals surface area contributed by atoms with Crippen LogP contribution in [-0.2, 0) is 6.54 Å². The van der Waals surface area contributed by atoms with E-state index in [1.807, 2.05) is 24.4 Å². The van der Waals surface area contributed by atoms with Gasteiger partial charge in [-0.05, 0) is 30.7 Å². The highest BCUT2D eigenvalue weighted by molar-refractivity contribution is 6.30. The summed E-state index contributed by atoms with van der Waals surface area (Å²) in [6.45, 7) is 2.27. The molecule has 2 heterocycles. The average molecular weight is 383 g/mol. The highest BCUT2D eigenvalue weighted by Crippen LogP contribution is 2.28. The van der Waals surface area contributed by atoms with Gasteiger partial charge in [0, 0.05) is 71.2 Å². The number of hydrogen-bond acceptors (Lipinski definition) is 5. The molecular weight excluding hydrogens is 364 g/mol. The molecule has 0 saturated carbocycles. The minimum atomic E-state index is -0.364. The van der Waals surface area contributed by atoms with Gasteiger partial charge in [0.25, 0.3) is 5.69 Å². The van der Waals surface area contributed by atoms with Crippen LogP contribution in [0, 0.1) is 10.1 Å². The molecule has 0 amide bonds. The van der Waals surface area contributed by atoms with Crippen LogP contribution in [0.3, 0.4) is 0 Å². The van der Waals surface area contributed by atoms with Gasteiger partial charge in [-0.25, -0.2) is 0 Å². The van der Waals surface area contributed by atoms with Crippen molar-refractivity contribution in [2.45, 2.75) is 19.0 Å².